The van der Waals surface area contributed by atoms with E-state index in [1.807, 2.05) is 13.8 Å². The Morgan fingerprint density at radius 1 is 1.35 bits per heavy atom. The highest BCUT2D eigenvalue weighted by molar-refractivity contribution is 5.84. The SMILES string of the molecule is CCCCNC(=NCC(=O)N(C)C)NC(C)C. The van der Waals surface area contributed by atoms with E-state index in [2.05, 4.69) is 22.5 Å². The number of hydrogen-bond donors (Lipinski definition) is 2. The van der Waals surface area contributed by atoms with Crippen LogP contribution in [-0.4, -0.2) is 50.0 Å². The Labute approximate surface area is 105 Å². The van der Waals surface area contributed by atoms with Gasteiger partial charge in [0.05, 0.1) is 0 Å². The van der Waals surface area contributed by atoms with Crippen LogP contribution in [0.1, 0.15) is 33.6 Å². The number of carbonyl (C=O) groups is 1. The highest BCUT2D eigenvalue weighted by Gasteiger charge is 2.04. The number of nitrogens with one attached hydrogen (secondary N) is 2. The summed E-state index contributed by atoms with van der Waals surface area (Å²) in [5.41, 5.74) is 0. The zero-order valence-corrected chi connectivity index (χ0v) is 11.7. The number of likely N-dealkylation sites (N-methyl/N-ethyl adjacent to an activating group) is 1. The number of hydrogen-bond acceptors (Lipinski definition) is 2. The Bertz CT molecular complexity index is 249. The van der Waals surface area contributed by atoms with Crippen molar-refractivity contribution in [3.8, 4) is 0 Å². The molecule has 0 saturated heterocycles. The van der Waals surface area contributed by atoms with Crippen LogP contribution in [0, 0.1) is 0 Å². The van der Waals surface area contributed by atoms with E-state index >= 15 is 0 Å². The van der Waals surface area contributed by atoms with Crippen LogP contribution in [0.15, 0.2) is 4.99 Å². The number of guanidine groups is 1. The van der Waals surface area contributed by atoms with Gasteiger partial charge >= 0.3 is 0 Å². The van der Waals surface area contributed by atoms with Crippen LogP contribution in [-0.2, 0) is 4.79 Å². The Kier molecular flexibility index (Phi) is 8.19. The summed E-state index contributed by atoms with van der Waals surface area (Å²) in [5.74, 6) is 0.717. The Balaban J connectivity index is 4.24. The molecule has 1 amide bonds. The van der Waals surface area contributed by atoms with Gasteiger partial charge in [-0.25, -0.2) is 4.99 Å². The van der Waals surface area contributed by atoms with Gasteiger partial charge in [0.15, 0.2) is 5.96 Å². The highest BCUT2D eigenvalue weighted by Crippen LogP contribution is 1.86. The van der Waals surface area contributed by atoms with E-state index < -0.39 is 0 Å². The molecule has 0 spiro atoms. The quantitative estimate of drug-likeness (QED) is 0.412. The number of amides is 1. The molecule has 0 aliphatic rings. The first kappa shape index (κ1) is 15.7. The van der Waals surface area contributed by atoms with E-state index in [9.17, 15) is 4.79 Å². The second-order valence-corrected chi connectivity index (χ2v) is 4.53. The van der Waals surface area contributed by atoms with Gasteiger partial charge in [-0.05, 0) is 20.3 Å². The third-order valence-corrected chi connectivity index (χ3v) is 2.12. The minimum absolute atomic E-state index is 0.00495. The van der Waals surface area contributed by atoms with Crippen molar-refractivity contribution in [2.24, 2.45) is 4.99 Å². The normalized spacial score (nSPS) is 11.5. The van der Waals surface area contributed by atoms with Crippen molar-refractivity contribution in [1.29, 1.82) is 0 Å². The predicted molar refractivity (Wildman–Crippen MR) is 72.2 cm³/mol. The standard InChI is InChI=1S/C12H26N4O/c1-6-7-8-13-12(15-10(2)3)14-9-11(17)16(4)5/h10H,6-9H2,1-5H3,(H2,13,14,15). The average molecular weight is 242 g/mol. The molecular formula is C12H26N4O. The van der Waals surface area contributed by atoms with Gasteiger partial charge in [-0.3, -0.25) is 4.79 Å². The summed E-state index contributed by atoms with van der Waals surface area (Å²) in [6, 6.07) is 0.303. The monoisotopic (exact) mass is 242 g/mol. The predicted octanol–water partition coefficient (Wildman–Crippen LogP) is 0.818. The van der Waals surface area contributed by atoms with Crippen molar-refractivity contribution in [2.45, 2.75) is 39.7 Å². The van der Waals surface area contributed by atoms with Crippen LogP contribution in [0.25, 0.3) is 0 Å². The van der Waals surface area contributed by atoms with E-state index in [1.54, 1.807) is 19.0 Å². The zero-order valence-electron chi connectivity index (χ0n) is 11.7. The fraction of sp³-hybridized carbons (Fsp3) is 0.833. The summed E-state index contributed by atoms with van der Waals surface area (Å²) in [5, 5.41) is 6.42. The van der Waals surface area contributed by atoms with E-state index in [0.29, 0.717) is 12.0 Å². The first-order valence-corrected chi connectivity index (χ1v) is 6.22. The first-order valence-electron chi connectivity index (χ1n) is 6.22. The van der Waals surface area contributed by atoms with Crippen molar-refractivity contribution in [2.75, 3.05) is 27.2 Å². The summed E-state index contributed by atoms with van der Waals surface area (Å²) in [4.78, 5) is 17.2. The third-order valence-electron chi connectivity index (χ3n) is 2.12. The molecule has 0 fully saturated rings. The molecule has 0 rings (SSSR count). The molecule has 0 aliphatic carbocycles. The van der Waals surface area contributed by atoms with Gasteiger partial charge in [0, 0.05) is 26.7 Å². The zero-order chi connectivity index (χ0) is 13.3. The molecule has 0 aromatic carbocycles. The van der Waals surface area contributed by atoms with E-state index in [1.165, 1.54) is 0 Å². The van der Waals surface area contributed by atoms with Crippen LogP contribution in [0.5, 0.6) is 0 Å². The van der Waals surface area contributed by atoms with Crippen LogP contribution >= 0.6 is 0 Å². The van der Waals surface area contributed by atoms with Gasteiger partial charge in [0.1, 0.15) is 6.54 Å². The molecule has 0 saturated carbocycles. The number of carbonyl (C=O) groups excluding carboxylic acids is 1. The Morgan fingerprint density at radius 2 is 2.00 bits per heavy atom. The largest absolute Gasteiger partial charge is 0.356 e. The van der Waals surface area contributed by atoms with Gasteiger partial charge < -0.3 is 15.5 Å². The lowest BCUT2D eigenvalue weighted by molar-refractivity contribution is -0.127. The van der Waals surface area contributed by atoms with Crippen molar-refractivity contribution in [1.82, 2.24) is 15.5 Å². The number of rotatable bonds is 6. The molecule has 5 heteroatoms. The van der Waals surface area contributed by atoms with E-state index in [-0.39, 0.29) is 12.5 Å². The second-order valence-electron chi connectivity index (χ2n) is 4.53. The fourth-order valence-corrected chi connectivity index (χ4v) is 1.10. The smallest absolute Gasteiger partial charge is 0.243 e. The molecule has 0 unspecified atom stereocenters. The fourth-order valence-electron chi connectivity index (χ4n) is 1.10. The first-order chi connectivity index (χ1) is 7.97. The molecular weight excluding hydrogens is 216 g/mol. The summed E-state index contributed by atoms with van der Waals surface area (Å²) in [6.07, 6.45) is 2.24. The molecule has 100 valence electrons. The van der Waals surface area contributed by atoms with E-state index in [4.69, 9.17) is 0 Å². The van der Waals surface area contributed by atoms with Crippen molar-refractivity contribution < 1.29 is 4.79 Å². The summed E-state index contributed by atoms with van der Waals surface area (Å²) < 4.78 is 0. The Morgan fingerprint density at radius 3 is 2.47 bits per heavy atom. The molecule has 0 atom stereocenters. The number of unbranched alkanes of at least 4 members (excludes halogenated alkanes) is 1. The van der Waals surface area contributed by atoms with Crippen molar-refractivity contribution >= 4 is 11.9 Å². The topological polar surface area (TPSA) is 56.7 Å². The van der Waals surface area contributed by atoms with E-state index in [0.717, 1.165) is 19.4 Å². The minimum Gasteiger partial charge on any atom is -0.356 e. The minimum atomic E-state index is 0.00495. The average Bonchev–Trinajstić information content (AvgIpc) is 2.24. The van der Waals surface area contributed by atoms with Gasteiger partial charge in [0.25, 0.3) is 0 Å². The van der Waals surface area contributed by atoms with Crippen LogP contribution < -0.4 is 10.6 Å². The lowest BCUT2D eigenvalue weighted by Crippen LogP contribution is -2.42. The van der Waals surface area contributed by atoms with Crippen LogP contribution in [0.3, 0.4) is 0 Å². The highest BCUT2D eigenvalue weighted by atomic mass is 16.2. The summed E-state index contributed by atoms with van der Waals surface area (Å²) in [7, 11) is 3.47. The maximum Gasteiger partial charge on any atom is 0.243 e. The summed E-state index contributed by atoms with van der Waals surface area (Å²) >= 11 is 0. The summed E-state index contributed by atoms with van der Waals surface area (Å²) in [6.45, 7) is 7.30. The lowest BCUT2D eigenvalue weighted by atomic mass is 10.3. The Hall–Kier alpha value is -1.26. The van der Waals surface area contributed by atoms with Crippen molar-refractivity contribution in [3.63, 3.8) is 0 Å². The van der Waals surface area contributed by atoms with Gasteiger partial charge in [-0.2, -0.15) is 0 Å². The number of nitrogens with zero attached hydrogens (tertiary/aromatic N) is 2. The van der Waals surface area contributed by atoms with Gasteiger partial charge in [0.2, 0.25) is 5.91 Å². The molecule has 0 aromatic rings. The molecule has 5 nitrogen and oxygen atoms in total. The van der Waals surface area contributed by atoms with Gasteiger partial charge in [-0.15, -0.1) is 0 Å². The molecule has 17 heavy (non-hydrogen) atoms. The molecule has 0 aliphatic heterocycles. The molecule has 0 bridgehead atoms. The van der Waals surface area contributed by atoms with Crippen molar-refractivity contribution in [3.05, 3.63) is 0 Å². The maximum atomic E-state index is 11.4. The van der Waals surface area contributed by atoms with Crippen LogP contribution in [0.4, 0.5) is 0 Å². The van der Waals surface area contributed by atoms with Gasteiger partial charge in [-0.1, -0.05) is 13.3 Å². The lowest BCUT2D eigenvalue weighted by Gasteiger charge is -2.15. The molecule has 0 aromatic heterocycles. The maximum absolute atomic E-state index is 11.4. The molecule has 0 radical (unpaired) electrons. The third kappa shape index (κ3) is 8.54. The van der Waals surface area contributed by atoms with Crippen LogP contribution in [0.2, 0.25) is 0 Å². The second kappa shape index (κ2) is 8.84. The molecule has 2 N–H and O–H groups in total. The number of aliphatic imine (C=N–C) groups is 1. The molecule has 0 heterocycles.